The molecule has 0 aliphatic carbocycles. The first-order chi connectivity index (χ1) is 10.1. The van der Waals surface area contributed by atoms with E-state index in [1.54, 1.807) is 11.8 Å². The number of nitrogens with one attached hydrogen (secondary N) is 1. The number of carbonyl (C=O) groups is 1. The van der Waals surface area contributed by atoms with Crippen LogP contribution in [0.4, 0.5) is 5.69 Å². The van der Waals surface area contributed by atoms with Gasteiger partial charge in [-0.2, -0.15) is 0 Å². The molecule has 2 nitrogen and oxygen atoms in total. The zero-order valence-corrected chi connectivity index (χ0v) is 13.5. The molecule has 0 saturated carbocycles. The monoisotopic (exact) mass is 299 g/mol. The van der Waals surface area contributed by atoms with Crippen molar-refractivity contribution in [1.82, 2.24) is 0 Å². The second-order valence-corrected chi connectivity index (χ2v) is 6.53. The third-order valence-corrected chi connectivity index (χ3v) is 4.44. The van der Waals surface area contributed by atoms with E-state index in [0.29, 0.717) is 0 Å². The Morgan fingerprint density at radius 3 is 2.29 bits per heavy atom. The summed E-state index contributed by atoms with van der Waals surface area (Å²) in [6.45, 7) is 6.11. The van der Waals surface area contributed by atoms with Crippen LogP contribution < -0.4 is 5.32 Å². The molecule has 3 heteroatoms. The van der Waals surface area contributed by atoms with Crippen LogP contribution in [0.5, 0.6) is 0 Å². The lowest BCUT2D eigenvalue weighted by atomic mass is 10.1. The van der Waals surface area contributed by atoms with Gasteiger partial charge < -0.3 is 5.32 Å². The predicted octanol–water partition coefficient (Wildman–Crippen LogP) is 4.68. The molecular formula is C18H21NOS. The second kappa shape index (κ2) is 7.32. The van der Waals surface area contributed by atoms with Crippen LogP contribution in [0.25, 0.3) is 0 Å². The maximum Gasteiger partial charge on any atom is 0.237 e. The fourth-order valence-electron chi connectivity index (χ4n) is 1.94. The molecule has 0 radical (unpaired) electrons. The molecule has 1 amide bonds. The van der Waals surface area contributed by atoms with E-state index in [0.717, 1.165) is 17.0 Å². The van der Waals surface area contributed by atoms with Gasteiger partial charge in [0.05, 0.1) is 5.25 Å². The molecule has 0 aliphatic heterocycles. The molecule has 2 aromatic carbocycles. The molecule has 0 aliphatic rings. The van der Waals surface area contributed by atoms with Crippen molar-refractivity contribution in [1.29, 1.82) is 0 Å². The van der Waals surface area contributed by atoms with Gasteiger partial charge in [-0.15, -0.1) is 11.8 Å². The summed E-state index contributed by atoms with van der Waals surface area (Å²) in [6.07, 6.45) is 1.01. The van der Waals surface area contributed by atoms with E-state index >= 15 is 0 Å². The highest BCUT2D eigenvalue weighted by Gasteiger charge is 2.14. The number of amides is 1. The van der Waals surface area contributed by atoms with Crippen LogP contribution in [0.2, 0.25) is 0 Å². The zero-order valence-electron chi connectivity index (χ0n) is 12.7. The molecule has 0 spiro atoms. The van der Waals surface area contributed by atoms with E-state index in [1.807, 2.05) is 31.2 Å². The van der Waals surface area contributed by atoms with Gasteiger partial charge in [-0.25, -0.2) is 0 Å². The summed E-state index contributed by atoms with van der Waals surface area (Å²) < 4.78 is 0. The maximum atomic E-state index is 12.2. The first kappa shape index (κ1) is 15.6. The minimum Gasteiger partial charge on any atom is -0.325 e. The van der Waals surface area contributed by atoms with Crippen molar-refractivity contribution in [3.63, 3.8) is 0 Å². The normalized spacial score (nSPS) is 12.0. The van der Waals surface area contributed by atoms with Crippen molar-refractivity contribution in [2.24, 2.45) is 0 Å². The van der Waals surface area contributed by atoms with Crippen LogP contribution in [-0.2, 0) is 11.2 Å². The fourth-order valence-corrected chi connectivity index (χ4v) is 2.81. The Balaban J connectivity index is 1.93. The molecule has 0 unspecified atom stereocenters. The van der Waals surface area contributed by atoms with Gasteiger partial charge in [0, 0.05) is 10.6 Å². The first-order valence-electron chi connectivity index (χ1n) is 7.21. The van der Waals surface area contributed by atoms with Gasteiger partial charge in [0.15, 0.2) is 0 Å². The molecule has 0 aromatic heterocycles. The summed E-state index contributed by atoms with van der Waals surface area (Å²) in [5, 5.41) is 2.84. The number of benzene rings is 2. The minimum absolute atomic E-state index is 0.0322. The van der Waals surface area contributed by atoms with Crippen molar-refractivity contribution < 1.29 is 4.79 Å². The van der Waals surface area contributed by atoms with Crippen LogP contribution in [-0.4, -0.2) is 11.2 Å². The molecule has 0 heterocycles. The molecule has 21 heavy (non-hydrogen) atoms. The Morgan fingerprint density at radius 2 is 1.71 bits per heavy atom. The SMILES string of the molecule is CCc1ccc(NC(=O)[C@H](C)Sc2ccc(C)cc2)cc1. The van der Waals surface area contributed by atoms with Gasteiger partial charge in [0.2, 0.25) is 5.91 Å². The molecule has 1 atom stereocenters. The molecule has 2 aromatic rings. The van der Waals surface area contributed by atoms with Gasteiger partial charge in [0.25, 0.3) is 0 Å². The Hall–Kier alpha value is -1.74. The van der Waals surface area contributed by atoms with Crippen molar-refractivity contribution in [3.05, 3.63) is 59.7 Å². The second-order valence-electron chi connectivity index (χ2n) is 5.11. The topological polar surface area (TPSA) is 29.1 Å². The highest BCUT2D eigenvalue weighted by atomic mass is 32.2. The molecule has 1 N–H and O–H groups in total. The Labute approximate surface area is 131 Å². The maximum absolute atomic E-state index is 12.2. The highest BCUT2D eigenvalue weighted by molar-refractivity contribution is 8.00. The zero-order chi connectivity index (χ0) is 15.2. The lowest BCUT2D eigenvalue weighted by Crippen LogP contribution is -2.22. The van der Waals surface area contributed by atoms with Gasteiger partial charge in [-0.05, 0) is 50.1 Å². The Morgan fingerprint density at radius 1 is 1.10 bits per heavy atom. The summed E-state index contributed by atoms with van der Waals surface area (Å²) in [6, 6.07) is 16.3. The summed E-state index contributed by atoms with van der Waals surface area (Å²) in [5.41, 5.74) is 3.36. The van der Waals surface area contributed by atoms with Gasteiger partial charge in [-0.3, -0.25) is 4.79 Å². The molecule has 0 bridgehead atoms. The predicted molar refractivity (Wildman–Crippen MR) is 90.9 cm³/mol. The third kappa shape index (κ3) is 4.64. The van der Waals surface area contributed by atoms with E-state index in [-0.39, 0.29) is 11.2 Å². The summed E-state index contributed by atoms with van der Waals surface area (Å²) >= 11 is 1.58. The summed E-state index contributed by atoms with van der Waals surface area (Å²) in [4.78, 5) is 13.3. The van der Waals surface area contributed by atoms with E-state index in [1.165, 1.54) is 11.1 Å². The number of aryl methyl sites for hydroxylation is 2. The largest absolute Gasteiger partial charge is 0.325 e. The number of anilines is 1. The molecule has 0 fully saturated rings. The first-order valence-corrected chi connectivity index (χ1v) is 8.09. The lowest BCUT2D eigenvalue weighted by molar-refractivity contribution is -0.115. The quantitative estimate of drug-likeness (QED) is 0.812. The van der Waals surface area contributed by atoms with Crippen LogP contribution in [0.3, 0.4) is 0 Å². The number of thioether (sulfide) groups is 1. The summed E-state index contributed by atoms with van der Waals surface area (Å²) in [7, 11) is 0. The van der Waals surface area contributed by atoms with Crippen LogP contribution >= 0.6 is 11.8 Å². The van der Waals surface area contributed by atoms with Crippen LogP contribution in [0, 0.1) is 6.92 Å². The molecular weight excluding hydrogens is 278 g/mol. The van der Waals surface area contributed by atoms with Crippen molar-refractivity contribution in [3.8, 4) is 0 Å². The number of rotatable bonds is 5. The third-order valence-electron chi connectivity index (χ3n) is 3.33. The van der Waals surface area contributed by atoms with Crippen LogP contribution in [0.15, 0.2) is 53.4 Å². The Bertz CT molecular complexity index is 590. The average Bonchev–Trinajstić information content (AvgIpc) is 2.50. The smallest absolute Gasteiger partial charge is 0.237 e. The molecule has 110 valence electrons. The van der Waals surface area contributed by atoms with Gasteiger partial charge in [-0.1, -0.05) is 36.8 Å². The fraction of sp³-hybridized carbons (Fsp3) is 0.278. The van der Waals surface area contributed by atoms with Crippen molar-refractivity contribution in [2.45, 2.75) is 37.3 Å². The number of hydrogen-bond acceptors (Lipinski definition) is 2. The summed E-state index contributed by atoms with van der Waals surface area (Å²) in [5.74, 6) is 0.0322. The van der Waals surface area contributed by atoms with E-state index in [4.69, 9.17) is 0 Å². The van der Waals surface area contributed by atoms with E-state index < -0.39 is 0 Å². The minimum atomic E-state index is -0.126. The van der Waals surface area contributed by atoms with Gasteiger partial charge in [0.1, 0.15) is 0 Å². The Kier molecular flexibility index (Phi) is 5.45. The van der Waals surface area contributed by atoms with Crippen molar-refractivity contribution >= 4 is 23.4 Å². The van der Waals surface area contributed by atoms with Gasteiger partial charge >= 0.3 is 0 Å². The average molecular weight is 299 g/mol. The number of carbonyl (C=O) groups excluding carboxylic acids is 1. The standard InChI is InChI=1S/C18H21NOS/c1-4-15-7-9-16(10-8-15)19-18(20)14(3)21-17-11-5-13(2)6-12-17/h5-12,14H,4H2,1-3H3,(H,19,20)/t14-/m0/s1. The van der Waals surface area contributed by atoms with E-state index in [2.05, 4.69) is 43.4 Å². The van der Waals surface area contributed by atoms with Crippen LogP contribution in [0.1, 0.15) is 25.0 Å². The van der Waals surface area contributed by atoms with Crippen molar-refractivity contribution in [2.75, 3.05) is 5.32 Å². The number of hydrogen-bond donors (Lipinski definition) is 1. The van der Waals surface area contributed by atoms with E-state index in [9.17, 15) is 4.79 Å². The highest BCUT2D eigenvalue weighted by Crippen LogP contribution is 2.24. The lowest BCUT2D eigenvalue weighted by Gasteiger charge is -2.12. The molecule has 0 saturated heterocycles. The molecule has 2 rings (SSSR count).